The summed E-state index contributed by atoms with van der Waals surface area (Å²) in [6, 6.07) is 14.1. The number of rotatable bonds is 2. The highest BCUT2D eigenvalue weighted by Gasteiger charge is 2.39. The van der Waals surface area contributed by atoms with Crippen LogP contribution in [0, 0.1) is 0 Å². The van der Waals surface area contributed by atoms with E-state index in [1.165, 1.54) is 22.3 Å². The molecule has 3 aromatic carbocycles. The molecule has 1 saturated heterocycles. The van der Waals surface area contributed by atoms with Gasteiger partial charge >= 0.3 is 0 Å². The Kier molecular flexibility index (Phi) is 3.37. The Labute approximate surface area is 151 Å². The number of benzene rings is 3. The molecule has 3 aromatic rings. The van der Waals surface area contributed by atoms with Crippen molar-refractivity contribution in [3.8, 4) is 28.4 Å². The molecule has 1 fully saturated rings. The van der Waals surface area contributed by atoms with E-state index < -0.39 is 0 Å². The van der Waals surface area contributed by atoms with Crippen molar-refractivity contribution in [2.45, 2.75) is 11.8 Å². The normalized spacial score (nSPS) is 20.4. The van der Waals surface area contributed by atoms with E-state index in [1.54, 1.807) is 14.2 Å². The number of ether oxygens (including phenoxy) is 3. The standard InChI is InChI=1S/C22H20O4/c1-24-12-3-5-14-16(7-12)19-10-26-11-20(19)18-9-21(23)17-8-13(25-2)4-6-15(17)22(14)18/h3-9,19-20,23H,10-11H2,1-2H3. The molecule has 2 unspecified atom stereocenters. The predicted octanol–water partition coefficient (Wildman–Crippen LogP) is 4.44. The van der Waals surface area contributed by atoms with Crippen molar-refractivity contribution < 1.29 is 19.3 Å². The first-order valence-electron chi connectivity index (χ1n) is 8.81. The molecule has 2 aliphatic rings. The number of hydrogen-bond acceptors (Lipinski definition) is 4. The van der Waals surface area contributed by atoms with Crippen molar-refractivity contribution in [1.29, 1.82) is 0 Å². The van der Waals surface area contributed by atoms with Crippen LogP contribution in [0.2, 0.25) is 0 Å². The van der Waals surface area contributed by atoms with Gasteiger partial charge in [0.2, 0.25) is 0 Å². The van der Waals surface area contributed by atoms with Crippen LogP contribution in [-0.2, 0) is 4.74 Å². The molecule has 0 saturated carbocycles. The minimum atomic E-state index is 0.252. The maximum absolute atomic E-state index is 10.7. The molecule has 1 heterocycles. The zero-order valence-electron chi connectivity index (χ0n) is 14.8. The van der Waals surface area contributed by atoms with Crippen LogP contribution >= 0.6 is 0 Å². The third-order valence-electron chi connectivity index (χ3n) is 5.76. The lowest BCUT2D eigenvalue weighted by Crippen LogP contribution is -2.16. The second kappa shape index (κ2) is 5.64. The summed E-state index contributed by atoms with van der Waals surface area (Å²) < 4.78 is 16.6. The van der Waals surface area contributed by atoms with Crippen LogP contribution in [0.25, 0.3) is 21.9 Å². The molecule has 0 amide bonds. The molecule has 4 nitrogen and oxygen atoms in total. The molecule has 132 valence electrons. The zero-order chi connectivity index (χ0) is 17.8. The van der Waals surface area contributed by atoms with E-state index in [0.29, 0.717) is 24.9 Å². The number of fused-ring (bicyclic) bond motifs is 8. The summed E-state index contributed by atoms with van der Waals surface area (Å²) in [6.07, 6.45) is 0. The fourth-order valence-corrected chi connectivity index (χ4v) is 4.50. The molecule has 5 rings (SSSR count). The van der Waals surface area contributed by atoms with E-state index in [1.807, 2.05) is 30.3 Å². The van der Waals surface area contributed by atoms with Crippen LogP contribution in [0.15, 0.2) is 42.5 Å². The average Bonchev–Trinajstić information content (AvgIpc) is 3.17. The Balaban J connectivity index is 1.87. The van der Waals surface area contributed by atoms with Crippen LogP contribution in [0.3, 0.4) is 0 Å². The van der Waals surface area contributed by atoms with E-state index in [9.17, 15) is 5.11 Å². The Bertz CT molecular complexity index is 1020. The van der Waals surface area contributed by atoms with Crippen molar-refractivity contribution in [2.24, 2.45) is 0 Å². The van der Waals surface area contributed by atoms with Gasteiger partial charge in [0, 0.05) is 17.2 Å². The van der Waals surface area contributed by atoms with Crippen LogP contribution in [0.5, 0.6) is 17.2 Å². The summed E-state index contributed by atoms with van der Waals surface area (Å²) in [5.41, 5.74) is 4.81. The number of aromatic hydroxyl groups is 1. The predicted molar refractivity (Wildman–Crippen MR) is 100 cm³/mol. The van der Waals surface area contributed by atoms with Gasteiger partial charge in [-0.3, -0.25) is 0 Å². The summed E-state index contributed by atoms with van der Waals surface area (Å²) in [6.45, 7) is 1.38. The lowest BCUT2D eigenvalue weighted by Gasteiger charge is -2.31. The highest BCUT2D eigenvalue weighted by molar-refractivity contribution is 6.04. The lowest BCUT2D eigenvalue weighted by molar-refractivity contribution is 0.191. The molecule has 0 bridgehead atoms. The molecule has 0 spiro atoms. The van der Waals surface area contributed by atoms with Gasteiger partial charge in [-0.05, 0) is 64.0 Å². The summed E-state index contributed by atoms with van der Waals surface area (Å²) in [4.78, 5) is 0. The first-order valence-corrected chi connectivity index (χ1v) is 8.81. The molecule has 0 radical (unpaired) electrons. The summed E-state index contributed by atoms with van der Waals surface area (Å²) in [7, 11) is 3.33. The second-order valence-electron chi connectivity index (χ2n) is 6.98. The van der Waals surface area contributed by atoms with Crippen molar-refractivity contribution >= 4 is 10.8 Å². The van der Waals surface area contributed by atoms with Crippen LogP contribution in [0.4, 0.5) is 0 Å². The third kappa shape index (κ3) is 2.05. The van der Waals surface area contributed by atoms with Crippen molar-refractivity contribution in [3.05, 3.63) is 53.6 Å². The highest BCUT2D eigenvalue weighted by Crippen LogP contribution is 2.54. The summed E-state index contributed by atoms with van der Waals surface area (Å²) in [5.74, 6) is 2.44. The molecular formula is C22H20O4. The first-order chi connectivity index (χ1) is 12.7. The summed E-state index contributed by atoms with van der Waals surface area (Å²) >= 11 is 0. The van der Waals surface area contributed by atoms with Gasteiger partial charge in [0.1, 0.15) is 17.2 Å². The third-order valence-corrected chi connectivity index (χ3v) is 5.76. The van der Waals surface area contributed by atoms with E-state index in [0.717, 1.165) is 22.3 Å². The Morgan fingerprint density at radius 3 is 2.31 bits per heavy atom. The van der Waals surface area contributed by atoms with Gasteiger partial charge in [-0.15, -0.1) is 0 Å². The molecular weight excluding hydrogens is 328 g/mol. The minimum absolute atomic E-state index is 0.252. The smallest absolute Gasteiger partial charge is 0.123 e. The zero-order valence-corrected chi connectivity index (χ0v) is 14.8. The average molecular weight is 348 g/mol. The molecule has 26 heavy (non-hydrogen) atoms. The lowest BCUT2D eigenvalue weighted by atomic mass is 9.71. The van der Waals surface area contributed by atoms with E-state index >= 15 is 0 Å². The van der Waals surface area contributed by atoms with Gasteiger partial charge in [0.25, 0.3) is 0 Å². The van der Waals surface area contributed by atoms with Gasteiger partial charge in [-0.2, -0.15) is 0 Å². The van der Waals surface area contributed by atoms with Crippen LogP contribution in [0.1, 0.15) is 23.0 Å². The monoisotopic (exact) mass is 348 g/mol. The number of hydrogen-bond donors (Lipinski definition) is 1. The Morgan fingerprint density at radius 2 is 1.54 bits per heavy atom. The first kappa shape index (κ1) is 15.5. The quantitative estimate of drug-likeness (QED) is 0.744. The van der Waals surface area contributed by atoms with Gasteiger partial charge < -0.3 is 19.3 Å². The van der Waals surface area contributed by atoms with Gasteiger partial charge in [-0.25, -0.2) is 0 Å². The van der Waals surface area contributed by atoms with Crippen molar-refractivity contribution in [3.63, 3.8) is 0 Å². The molecule has 2 atom stereocenters. The SMILES string of the molecule is COc1ccc2c(c1)C1COCC1c1cc(O)c3cc(OC)ccc3c1-2. The summed E-state index contributed by atoms with van der Waals surface area (Å²) in [5, 5.41) is 12.5. The minimum Gasteiger partial charge on any atom is -0.507 e. The number of phenols is 1. The molecule has 0 aromatic heterocycles. The molecule has 1 N–H and O–H groups in total. The van der Waals surface area contributed by atoms with E-state index in [-0.39, 0.29) is 5.92 Å². The van der Waals surface area contributed by atoms with E-state index in [4.69, 9.17) is 14.2 Å². The second-order valence-corrected chi connectivity index (χ2v) is 6.98. The number of methoxy groups -OCH3 is 2. The Morgan fingerprint density at radius 1 is 0.846 bits per heavy atom. The van der Waals surface area contributed by atoms with Gasteiger partial charge in [0.05, 0.1) is 27.4 Å². The fraction of sp³-hybridized carbons (Fsp3) is 0.273. The topological polar surface area (TPSA) is 47.9 Å². The van der Waals surface area contributed by atoms with E-state index in [2.05, 4.69) is 12.1 Å². The van der Waals surface area contributed by atoms with Crippen LogP contribution < -0.4 is 9.47 Å². The number of phenolic OH excluding ortho intramolecular Hbond substituents is 1. The Hall–Kier alpha value is -2.72. The van der Waals surface area contributed by atoms with Gasteiger partial charge in [0.15, 0.2) is 0 Å². The highest BCUT2D eigenvalue weighted by atomic mass is 16.5. The maximum atomic E-state index is 10.7. The van der Waals surface area contributed by atoms with Crippen molar-refractivity contribution in [2.75, 3.05) is 27.4 Å². The molecule has 4 heteroatoms. The molecule has 1 aliphatic carbocycles. The van der Waals surface area contributed by atoms with Gasteiger partial charge in [-0.1, -0.05) is 6.07 Å². The van der Waals surface area contributed by atoms with Crippen LogP contribution in [-0.4, -0.2) is 32.5 Å². The van der Waals surface area contributed by atoms with Crippen molar-refractivity contribution in [1.82, 2.24) is 0 Å². The fourth-order valence-electron chi connectivity index (χ4n) is 4.50. The maximum Gasteiger partial charge on any atom is 0.123 e. The largest absolute Gasteiger partial charge is 0.507 e. The molecule has 1 aliphatic heterocycles.